The molecule has 3 aromatic rings. The Bertz CT molecular complexity index is 1430. The molecule has 0 saturated carbocycles. The highest BCUT2D eigenvalue weighted by Gasteiger charge is 2.29. The number of amides is 2. The van der Waals surface area contributed by atoms with Gasteiger partial charge in [0.15, 0.2) is 6.61 Å². The molecular formula is C22H21N5O7S. The number of carbonyl (C=O) groups is 3. The second kappa shape index (κ2) is 9.10. The zero-order valence-corrected chi connectivity index (χ0v) is 19.5. The Morgan fingerprint density at radius 2 is 1.86 bits per heavy atom. The average molecular weight is 500 g/mol. The summed E-state index contributed by atoms with van der Waals surface area (Å²) in [7, 11) is -4.08. The minimum Gasteiger partial charge on any atom is -0.482 e. The minimum atomic E-state index is -4.08. The third-order valence-corrected chi connectivity index (χ3v) is 6.36. The van der Waals surface area contributed by atoms with Crippen LogP contribution in [0.2, 0.25) is 0 Å². The standard InChI is InChI=1S/C22H21N5O7S/c1-13-9-20(23-14(2)28)27(24-13)16-5-3-15(4-6-16)25-35(32,33)17-7-8-19-18(10-17)26(11-22(30)31)21(29)12-34-19/h3-10,25H,11-12H2,1-2H3,(H,23,28)(H,30,31). The van der Waals surface area contributed by atoms with Gasteiger partial charge in [0.25, 0.3) is 15.9 Å². The number of nitrogens with one attached hydrogen (secondary N) is 2. The second-order valence-corrected chi connectivity index (χ2v) is 9.39. The van der Waals surface area contributed by atoms with E-state index in [1.165, 1.54) is 41.9 Å². The molecule has 13 heteroatoms. The lowest BCUT2D eigenvalue weighted by molar-refractivity contribution is -0.137. The van der Waals surface area contributed by atoms with Gasteiger partial charge in [0, 0.05) is 18.7 Å². The molecule has 0 radical (unpaired) electrons. The highest BCUT2D eigenvalue weighted by molar-refractivity contribution is 7.92. The van der Waals surface area contributed by atoms with Crippen molar-refractivity contribution in [2.45, 2.75) is 18.7 Å². The maximum atomic E-state index is 13.0. The van der Waals surface area contributed by atoms with Gasteiger partial charge in [-0.25, -0.2) is 13.1 Å². The molecule has 0 spiro atoms. The van der Waals surface area contributed by atoms with Crippen molar-refractivity contribution in [3.05, 3.63) is 54.2 Å². The largest absolute Gasteiger partial charge is 0.482 e. The molecule has 182 valence electrons. The van der Waals surface area contributed by atoms with Crippen molar-refractivity contribution < 1.29 is 32.6 Å². The van der Waals surface area contributed by atoms with Gasteiger partial charge >= 0.3 is 5.97 Å². The number of carboxylic acids is 1. The first-order chi connectivity index (χ1) is 16.5. The van der Waals surface area contributed by atoms with Gasteiger partial charge in [-0.1, -0.05) is 0 Å². The number of aromatic nitrogens is 2. The number of rotatable bonds is 7. The molecule has 0 fully saturated rings. The van der Waals surface area contributed by atoms with E-state index in [0.29, 0.717) is 17.2 Å². The summed E-state index contributed by atoms with van der Waals surface area (Å²) in [5, 5.41) is 16.1. The first kappa shape index (κ1) is 23.8. The van der Waals surface area contributed by atoms with Gasteiger partial charge in [-0.3, -0.25) is 24.0 Å². The molecule has 2 amide bonds. The van der Waals surface area contributed by atoms with Gasteiger partial charge in [0.2, 0.25) is 5.91 Å². The van der Waals surface area contributed by atoms with Gasteiger partial charge in [0.05, 0.1) is 22.0 Å². The van der Waals surface area contributed by atoms with E-state index in [9.17, 15) is 22.8 Å². The Balaban J connectivity index is 1.59. The molecule has 0 aliphatic carbocycles. The number of sulfonamides is 1. The Labute approximate surface area is 200 Å². The Morgan fingerprint density at radius 3 is 2.51 bits per heavy atom. The van der Waals surface area contributed by atoms with Gasteiger partial charge in [-0.2, -0.15) is 5.10 Å². The number of aliphatic carboxylic acids is 1. The fourth-order valence-corrected chi connectivity index (χ4v) is 4.59. The van der Waals surface area contributed by atoms with E-state index in [1.807, 2.05) is 0 Å². The molecule has 2 aromatic carbocycles. The summed E-state index contributed by atoms with van der Waals surface area (Å²) < 4.78 is 35.3. The number of carbonyl (C=O) groups excluding carboxylic acids is 2. The molecule has 3 N–H and O–H groups in total. The SMILES string of the molecule is CC(=O)Nc1cc(C)nn1-c1ccc(NS(=O)(=O)c2ccc3c(c2)N(CC(=O)O)C(=O)CO3)cc1. The first-order valence-electron chi connectivity index (χ1n) is 10.3. The van der Waals surface area contributed by atoms with Crippen LogP contribution in [0.1, 0.15) is 12.6 Å². The Hall–Kier alpha value is -4.39. The molecule has 1 aliphatic heterocycles. The van der Waals surface area contributed by atoms with E-state index in [0.717, 1.165) is 4.90 Å². The number of hydrogen-bond acceptors (Lipinski definition) is 7. The molecule has 4 rings (SSSR count). The van der Waals surface area contributed by atoms with E-state index < -0.39 is 28.4 Å². The zero-order valence-electron chi connectivity index (χ0n) is 18.7. The van der Waals surface area contributed by atoms with Gasteiger partial charge < -0.3 is 15.2 Å². The zero-order chi connectivity index (χ0) is 25.3. The molecule has 12 nitrogen and oxygen atoms in total. The number of carboxylic acid groups (broad SMARTS) is 1. The van der Waals surface area contributed by atoms with Crippen LogP contribution in [0.25, 0.3) is 5.69 Å². The van der Waals surface area contributed by atoms with E-state index in [2.05, 4.69) is 15.1 Å². The first-order valence-corrected chi connectivity index (χ1v) is 11.8. The summed E-state index contributed by atoms with van der Waals surface area (Å²) in [5.74, 6) is -1.41. The highest BCUT2D eigenvalue weighted by Crippen LogP contribution is 2.34. The lowest BCUT2D eigenvalue weighted by atomic mass is 10.2. The number of hydrogen-bond donors (Lipinski definition) is 3. The van der Waals surface area contributed by atoms with Crippen LogP contribution in [-0.2, 0) is 24.4 Å². The summed E-state index contributed by atoms with van der Waals surface area (Å²) in [6.07, 6.45) is 0. The summed E-state index contributed by atoms with van der Waals surface area (Å²) >= 11 is 0. The lowest BCUT2D eigenvalue weighted by Gasteiger charge is -2.28. The van der Waals surface area contributed by atoms with E-state index >= 15 is 0 Å². The fourth-order valence-electron chi connectivity index (χ4n) is 3.51. The van der Waals surface area contributed by atoms with Crippen LogP contribution >= 0.6 is 0 Å². The lowest BCUT2D eigenvalue weighted by Crippen LogP contribution is -2.42. The molecule has 1 aliphatic rings. The van der Waals surface area contributed by atoms with E-state index in [-0.39, 0.29) is 34.5 Å². The van der Waals surface area contributed by atoms with Crippen molar-refractivity contribution in [2.24, 2.45) is 0 Å². The molecule has 0 atom stereocenters. The Morgan fingerprint density at radius 1 is 1.14 bits per heavy atom. The quantitative estimate of drug-likeness (QED) is 0.443. The third kappa shape index (κ3) is 5.09. The molecular weight excluding hydrogens is 478 g/mol. The third-order valence-electron chi connectivity index (χ3n) is 4.98. The summed E-state index contributed by atoms with van der Waals surface area (Å²) in [6.45, 7) is 2.20. The van der Waals surface area contributed by atoms with Crippen LogP contribution in [-0.4, -0.2) is 54.2 Å². The number of anilines is 3. The number of nitrogens with zero attached hydrogens (tertiary/aromatic N) is 3. The maximum Gasteiger partial charge on any atom is 0.323 e. The average Bonchev–Trinajstić information content (AvgIpc) is 3.14. The molecule has 0 saturated heterocycles. The van der Waals surface area contributed by atoms with Crippen LogP contribution in [0, 0.1) is 6.92 Å². The van der Waals surface area contributed by atoms with Crippen molar-refractivity contribution in [3.63, 3.8) is 0 Å². The maximum absolute atomic E-state index is 13.0. The van der Waals surface area contributed by atoms with Crippen LogP contribution < -0.4 is 19.7 Å². The minimum absolute atomic E-state index is 0.0569. The summed E-state index contributed by atoms with van der Waals surface area (Å²) in [5.41, 5.74) is 1.59. The number of benzene rings is 2. The van der Waals surface area contributed by atoms with Crippen molar-refractivity contribution >= 4 is 45.0 Å². The highest BCUT2D eigenvalue weighted by atomic mass is 32.2. The predicted molar refractivity (Wildman–Crippen MR) is 125 cm³/mol. The fraction of sp³-hybridized carbons (Fsp3) is 0.182. The van der Waals surface area contributed by atoms with Crippen LogP contribution in [0.4, 0.5) is 17.2 Å². The number of ether oxygens (including phenoxy) is 1. The topological polar surface area (TPSA) is 160 Å². The van der Waals surface area contributed by atoms with Crippen molar-refractivity contribution in [3.8, 4) is 11.4 Å². The summed E-state index contributed by atoms with van der Waals surface area (Å²) in [4.78, 5) is 35.5. The monoisotopic (exact) mass is 499 g/mol. The Kier molecular flexibility index (Phi) is 6.18. The van der Waals surface area contributed by atoms with E-state index in [4.69, 9.17) is 9.84 Å². The molecule has 0 bridgehead atoms. The van der Waals surface area contributed by atoms with E-state index in [1.54, 1.807) is 25.1 Å². The molecule has 1 aromatic heterocycles. The van der Waals surface area contributed by atoms with Crippen molar-refractivity contribution in [1.82, 2.24) is 9.78 Å². The van der Waals surface area contributed by atoms with Crippen molar-refractivity contribution in [2.75, 3.05) is 28.1 Å². The van der Waals surface area contributed by atoms with Crippen molar-refractivity contribution in [1.29, 1.82) is 0 Å². The number of fused-ring (bicyclic) bond motifs is 1. The summed E-state index contributed by atoms with van der Waals surface area (Å²) in [6, 6.07) is 11.9. The second-order valence-electron chi connectivity index (χ2n) is 7.71. The number of aryl methyl sites for hydroxylation is 1. The van der Waals surface area contributed by atoms with Gasteiger partial charge in [0.1, 0.15) is 18.1 Å². The van der Waals surface area contributed by atoms with Crippen LogP contribution in [0.5, 0.6) is 5.75 Å². The smallest absolute Gasteiger partial charge is 0.323 e. The molecule has 35 heavy (non-hydrogen) atoms. The normalized spacial score (nSPS) is 13.1. The van der Waals surface area contributed by atoms with Gasteiger partial charge in [-0.05, 0) is 49.4 Å². The molecule has 0 unspecified atom stereocenters. The van der Waals surface area contributed by atoms with Crippen LogP contribution in [0.3, 0.4) is 0 Å². The van der Waals surface area contributed by atoms with Gasteiger partial charge in [-0.15, -0.1) is 0 Å². The van der Waals surface area contributed by atoms with Crippen LogP contribution in [0.15, 0.2) is 53.4 Å². The predicted octanol–water partition coefficient (Wildman–Crippen LogP) is 1.75. The molecule has 2 heterocycles.